The molecule has 4 nitrogen and oxygen atoms in total. The van der Waals surface area contributed by atoms with Gasteiger partial charge in [-0.1, -0.05) is 11.6 Å². The van der Waals surface area contributed by atoms with Gasteiger partial charge in [-0.15, -0.1) is 11.8 Å². The van der Waals surface area contributed by atoms with E-state index in [0.29, 0.717) is 36.8 Å². The Hall–Kier alpha value is -0.750. The Bertz CT molecular complexity index is 415. The predicted molar refractivity (Wildman–Crippen MR) is 78.1 cm³/mol. The Balaban J connectivity index is 2.40. The Kier molecular flexibility index (Phi) is 7.90. The zero-order chi connectivity index (χ0) is 14.1. The van der Waals surface area contributed by atoms with Crippen LogP contribution in [0.5, 0.6) is 0 Å². The minimum absolute atomic E-state index is 0.0173. The quantitative estimate of drug-likeness (QED) is 0.571. The zero-order valence-electron chi connectivity index (χ0n) is 10.8. The van der Waals surface area contributed by atoms with Crippen LogP contribution in [-0.2, 0) is 4.74 Å². The van der Waals surface area contributed by atoms with Crippen molar-refractivity contribution in [1.29, 1.82) is 0 Å². The first-order valence-electron chi connectivity index (χ1n) is 5.99. The molecule has 19 heavy (non-hydrogen) atoms. The smallest absolute Gasteiger partial charge is 0.252 e. The first-order chi connectivity index (χ1) is 9.19. The Morgan fingerprint density at radius 3 is 2.95 bits per heavy atom. The number of amides is 1. The molecule has 0 aliphatic rings. The van der Waals surface area contributed by atoms with Crippen molar-refractivity contribution in [2.24, 2.45) is 0 Å². The highest BCUT2D eigenvalue weighted by molar-refractivity contribution is 7.98. The van der Waals surface area contributed by atoms with Crippen molar-refractivity contribution in [3.05, 3.63) is 28.8 Å². The number of rotatable bonds is 8. The minimum atomic E-state index is -0.178. The third-order valence-corrected chi connectivity index (χ3v) is 3.46. The molecule has 1 aromatic rings. The van der Waals surface area contributed by atoms with E-state index in [4.69, 9.17) is 21.4 Å². The zero-order valence-corrected chi connectivity index (χ0v) is 12.4. The average molecular weight is 304 g/mol. The van der Waals surface area contributed by atoms with Gasteiger partial charge in [-0.3, -0.25) is 4.79 Å². The topological polar surface area (TPSA) is 58.6 Å². The van der Waals surface area contributed by atoms with E-state index in [1.165, 1.54) is 0 Å². The summed E-state index contributed by atoms with van der Waals surface area (Å²) in [4.78, 5) is 12.9. The number of hydrogen-bond donors (Lipinski definition) is 2. The van der Waals surface area contributed by atoms with Crippen LogP contribution in [0.15, 0.2) is 23.1 Å². The van der Waals surface area contributed by atoms with Gasteiger partial charge in [0, 0.05) is 18.0 Å². The third kappa shape index (κ3) is 5.82. The highest BCUT2D eigenvalue weighted by atomic mass is 35.5. The lowest BCUT2D eigenvalue weighted by Crippen LogP contribution is -2.25. The number of benzene rings is 1. The van der Waals surface area contributed by atoms with E-state index in [1.54, 1.807) is 23.9 Å². The van der Waals surface area contributed by atoms with E-state index < -0.39 is 0 Å². The van der Waals surface area contributed by atoms with Crippen molar-refractivity contribution < 1.29 is 14.6 Å². The number of aliphatic hydroxyl groups is 1. The number of aliphatic hydroxyl groups excluding tert-OH is 1. The molecule has 0 spiro atoms. The highest BCUT2D eigenvalue weighted by Crippen LogP contribution is 2.22. The number of hydrogen-bond acceptors (Lipinski definition) is 4. The summed E-state index contributed by atoms with van der Waals surface area (Å²) in [5, 5.41) is 11.8. The molecule has 0 aliphatic heterocycles. The maximum Gasteiger partial charge on any atom is 0.252 e. The molecule has 0 unspecified atom stereocenters. The molecule has 0 saturated heterocycles. The lowest BCUT2D eigenvalue weighted by molar-refractivity contribution is 0.0867. The van der Waals surface area contributed by atoms with Crippen LogP contribution in [0.2, 0.25) is 5.02 Å². The molecule has 0 atom stereocenters. The van der Waals surface area contributed by atoms with Gasteiger partial charge >= 0.3 is 0 Å². The van der Waals surface area contributed by atoms with E-state index in [1.807, 2.05) is 12.3 Å². The van der Waals surface area contributed by atoms with Crippen molar-refractivity contribution in [2.45, 2.75) is 11.3 Å². The second-order valence-electron chi connectivity index (χ2n) is 3.79. The van der Waals surface area contributed by atoms with Gasteiger partial charge in [0.05, 0.1) is 23.8 Å². The average Bonchev–Trinajstić information content (AvgIpc) is 2.43. The Labute approximate surface area is 122 Å². The molecule has 0 aromatic heterocycles. The third-order valence-electron chi connectivity index (χ3n) is 2.40. The predicted octanol–water partition coefficient (Wildman–Crippen LogP) is 2.19. The normalized spacial score (nSPS) is 10.5. The number of thioether (sulfide) groups is 1. The monoisotopic (exact) mass is 303 g/mol. The van der Waals surface area contributed by atoms with E-state index >= 15 is 0 Å². The van der Waals surface area contributed by atoms with Crippen LogP contribution in [-0.4, -0.2) is 43.6 Å². The summed E-state index contributed by atoms with van der Waals surface area (Å²) in [5.74, 6) is -0.178. The molecule has 0 aliphatic carbocycles. The number of nitrogens with one attached hydrogen (secondary N) is 1. The molecule has 2 N–H and O–H groups in total. The van der Waals surface area contributed by atoms with E-state index in [-0.39, 0.29) is 12.5 Å². The van der Waals surface area contributed by atoms with Crippen molar-refractivity contribution in [2.75, 3.05) is 32.6 Å². The summed E-state index contributed by atoms with van der Waals surface area (Å²) in [6, 6.07) is 5.39. The standard InChI is InChI=1S/C13H18ClNO3S/c1-19-10-3-4-12(14)11(9-10)13(17)15-5-2-7-18-8-6-16/h3-4,9,16H,2,5-8H2,1H3,(H,15,17). The van der Waals surface area contributed by atoms with Gasteiger partial charge in [0.2, 0.25) is 0 Å². The largest absolute Gasteiger partial charge is 0.394 e. The van der Waals surface area contributed by atoms with Crippen LogP contribution < -0.4 is 5.32 Å². The van der Waals surface area contributed by atoms with Gasteiger partial charge in [0.1, 0.15) is 0 Å². The van der Waals surface area contributed by atoms with Gasteiger partial charge < -0.3 is 15.2 Å². The summed E-state index contributed by atoms with van der Waals surface area (Å²) in [6.07, 6.45) is 2.65. The summed E-state index contributed by atoms with van der Waals surface area (Å²) < 4.78 is 5.10. The molecule has 106 valence electrons. The van der Waals surface area contributed by atoms with Crippen LogP contribution in [0, 0.1) is 0 Å². The highest BCUT2D eigenvalue weighted by Gasteiger charge is 2.10. The lowest BCUT2D eigenvalue weighted by atomic mass is 10.2. The second-order valence-corrected chi connectivity index (χ2v) is 5.08. The number of halogens is 1. The van der Waals surface area contributed by atoms with Gasteiger partial charge in [0.25, 0.3) is 5.91 Å². The van der Waals surface area contributed by atoms with Gasteiger partial charge in [-0.05, 0) is 30.9 Å². The molecule has 1 aromatic carbocycles. The number of carbonyl (C=O) groups is 1. The summed E-state index contributed by atoms with van der Waals surface area (Å²) in [6.45, 7) is 1.38. The Morgan fingerprint density at radius 1 is 1.47 bits per heavy atom. The molecular weight excluding hydrogens is 286 g/mol. The van der Waals surface area contributed by atoms with E-state index in [2.05, 4.69) is 5.32 Å². The summed E-state index contributed by atoms with van der Waals surface area (Å²) in [7, 11) is 0. The van der Waals surface area contributed by atoms with Gasteiger partial charge in [-0.25, -0.2) is 0 Å². The fourth-order valence-corrected chi connectivity index (χ4v) is 2.09. The fraction of sp³-hybridized carbons (Fsp3) is 0.462. The Morgan fingerprint density at radius 2 is 2.26 bits per heavy atom. The lowest BCUT2D eigenvalue weighted by Gasteiger charge is -2.08. The van der Waals surface area contributed by atoms with E-state index in [9.17, 15) is 4.79 Å². The number of ether oxygens (including phenoxy) is 1. The van der Waals surface area contributed by atoms with Crippen LogP contribution >= 0.6 is 23.4 Å². The fourth-order valence-electron chi connectivity index (χ4n) is 1.44. The molecule has 0 radical (unpaired) electrons. The molecular formula is C13H18ClNO3S. The molecule has 0 heterocycles. The SMILES string of the molecule is CSc1ccc(Cl)c(C(=O)NCCCOCCO)c1. The maximum atomic E-state index is 11.9. The van der Waals surface area contributed by atoms with Gasteiger partial charge in [-0.2, -0.15) is 0 Å². The van der Waals surface area contributed by atoms with Crippen LogP contribution in [0.1, 0.15) is 16.8 Å². The molecule has 0 saturated carbocycles. The van der Waals surface area contributed by atoms with Crippen molar-refractivity contribution in [1.82, 2.24) is 5.32 Å². The molecule has 1 rings (SSSR count). The van der Waals surface area contributed by atoms with Gasteiger partial charge in [0.15, 0.2) is 0 Å². The maximum absolute atomic E-state index is 11.9. The second kappa shape index (κ2) is 9.20. The van der Waals surface area contributed by atoms with Crippen molar-refractivity contribution in [3.8, 4) is 0 Å². The minimum Gasteiger partial charge on any atom is -0.394 e. The van der Waals surface area contributed by atoms with Crippen molar-refractivity contribution >= 4 is 29.3 Å². The molecule has 6 heteroatoms. The molecule has 0 fully saturated rings. The van der Waals surface area contributed by atoms with Crippen LogP contribution in [0.4, 0.5) is 0 Å². The van der Waals surface area contributed by atoms with E-state index in [0.717, 1.165) is 4.90 Å². The van der Waals surface area contributed by atoms with Crippen LogP contribution in [0.3, 0.4) is 0 Å². The number of carbonyl (C=O) groups excluding carboxylic acids is 1. The summed E-state index contributed by atoms with van der Waals surface area (Å²) >= 11 is 7.57. The molecule has 1 amide bonds. The summed E-state index contributed by atoms with van der Waals surface area (Å²) in [5.41, 5.74) is 0.491. The molecule has 0 bridgehead atoms. The van der Waals surface area contributed by atoms with Crippen LogP contribution in [0.25, 0.3) is 0 Å². The van der Waals surface area contributed by atoms with Crippen molar-refractivity contribution in [3.63, 3.8) is 0 Å². The first kappa shape index (κ1) is 16.3. The first-order valence-corrected chi connectivity index (χ1v) is 7.59.